The molecule has 1 aliphatic rings. The van der Waals surface area contributed by atoms with Crippen molar-refractivity contribution in [3.8, 4) is 0 Å². The molecule has 18 heavy (non-hydrogen) atoms. The molecule has 0 radical (unpaired) electrons. The number of likely N-dealkylation sites (tertiary alicyclic amines) is 1. The molecule has 0 spiro atoms. The second-order valence-corrected chi connectivity index (χ2v) is 5.52. The van der Waals surface area contributed by atoms with Crippen LogP contribution in [0.25, 0.3) is 0 Å². The predicted octanol–water partition coefficient (Wildman–Crippen LogP) is 2.71. The molecule has 1 aromatic rings. The Labute approximate surface area is 109 Å². The van der Waals surface area contributed by atoms with Crippen molar-refractivity contribution >= 4 is 0 Å². The van der Waals surface area contributed by atoms with E-state index in [0.29, 0.717) is 12.1 Å². The van der Waals surface area contributed by atoms with Crippen LogP contribution >= 0.6 is 0 Å². The van der Waals surface area contributed by atoms with Crippen LogP contribution in [0.15, 0.2) is 18.2 Å². The van der Waals surface area contributed by atoms with E-state index in [1.165, 1.54) is 18.4 Å². The first-order chi connectivity index (χ1) is 8.56. The van der Waals surface area contributed by atoms with Crippen LogP contribution in [0.5, 0.6) is 0 Å². The Hall–Kier alpha value is -0.930. The maximum atomic E-state index is 13.2. The Balaban J connectivity index is 1.86. The SMILES string of the molecule is Cc1cc(CNC2CCN(C)C(C)C2)ccc1F. The van der Waals surface area contributed by atoms with Crippen molar-refractivity contribution in [3.05, 3.63) is 35.1 Å². The third-order valence-electron chi connectivity index (χ3n) is 4.03. The zero-order valence-corrected chi connectivity index (χ0v) is 11.5. The third kappa shape index (κ3) is 3.30. The summed E-state index contributed by atoms with van der Waals surface area (Å²) in [5, 5.41) is 3.59. The van der Waals surface area contributed by atoms with Crippen LogP contribution in [0.2, 0.25) is 0 Å². The second kappa shape index (κ2) is 5.81. The lowest BCUT2D eigenvalue weighted by atomic mass is 9.98. The summed E-state index contributed by atoms with van der Waals surface area (Å²) in [5.74, 6) is -0.119. The van der Waals surface area contributed by atoms with Gasteiger partial charge in [-0.1, -0.05) is 12.1 Å². The quantitative estimate of drug-likeness (QED) is 0.887. The molecule has 2 rings (SSSR count). The number of aryl methyl sites for hydroxylation is 1. The normalized spacial score (nSPS) is 25.3. The summed E-state index contributed by atoms with van der Waals surface area (Å²) in [6.07, 6.45) is 2.39. The van der Waals surface area contributed by atoms with Crippen LogP contribution in [0, 0.1) is 12.7 Å². The molecule has 1 fully saturated rings. The molecule has 1 saturated heterocycles. The van der Waals surface area contributed by atoms with Gasteiger partial charge in [-0.05, 0) is 57.5 Å². The fourth-order valence-electron chi connectivity index (χ4n) is 2.55. The maximum Gasteiger partial charge on any atom is 0.126 e. The second-order valence-electron chi connectivity index (χ2n) is 5.52. The lowest BCUT2D eigenvalue weighted by molar-refractivity contribution is 0.168. The van der Waals surface area contributed by atoms with E-state index in [1.54, 1.807) is 6.07 Å². The Morgan fingerprint density at radius 1 is 1.44 bits per heavy atom. The van der Waals surface area contributed by atoms with Crippen molar-refractivity contribution in [2.24, 2.45) is 0 Å². The van der Waals surface area contributed by atoms with Crippen molar-refractivity contribution in [1.29, 1.82) is 0 Å². The fourth-order valence-corrected chi connectivity index (χ4v) is 2.55. The highest BCUT2D eigenvalue weighted by molar-refractivity contribution is 5.23. The van der Waals surface area contributed by atoms with Crippen molar-refractivity contribution in [2.45, 2.75) is 45.3 Å². The molecular formula is C15H23FN2. The highest BCUT2D eigenvalue weighted by atomic mass is 19.1. The molecule has 1 N–H and O–H groups in total. The van der Waals surface area contributed by atoms with Gasteiger partial charge in [-0.2, -0.15) is 0 Å². The molecule has 100 valence electrons. The summed E-state index contributed by atoms with van der Waals surface area (Å²) in [6, 6.07) is 6.59. The molecule has 0 aliphatic carbocycles. The van der Waals surface area contributed by atoms with Gasteiger partial charge in [0.05, 0.1) is 0 Å². The number of hydrogen-bond acceptors (Lipinski definition) is 2. The Bertz CT molecular complexity index is 405. The van der Waals surface area contributed by atoms with Gasteiger partial charge >= 0.3 is 0 Å². The van der Waals surface area contributed by atoms with Gasteiger partial charge in [0.1, 0.15) is 5.82 Å². The van der Waals surface area contributed by atoms with Crippen LogP contribution in [-0.2, 0) is 6.54 Å². The Kier molecular flexibility index (Phi) is 4.36. The van der Waals surface area contributed by atoms with Gasteiger partial charge in [-0.25, -0.2) is 4.39 Å². The summed E-state index contributed by atoms with van der Waals surface area (Å²) in [4.78, 5) is 2.40. The molecule has 2 nitrogen and oxygen atoms in total. The van der Waals surface area contributed by atoms with Crippen LogP contribution in [-0.4, -0.2) is 30.6 Å². The fraction of sp³-hybridized carbons (Fsp3) is 0.600. The largest absolute Gasteiger partial charge is 0.310 e. The molecule has 0 amide bonds. The van der Waals surface area contributed by atoms with Crippen molar-refractivity contribution in [2.75, 3.05) is 13.6 Å². The minimum atomic E-state index is -0.119. The van der Waals surface area contributed by atoms with Gasteiger partial charge in [0, 0.05) is 18.6 Å². The molecule has 1 heterocycles. The first-order valence-electron chi connectivity index (χ1n) is 6.75. The van der Waals surface area contributed by atoms with Gasteiger partial charge in [-0.3, -0.25) is 0 Å². The summed E-state index contributed by atoms with van der Waals surface area (Å²) < 4.78 is 13.2. The molecule has 3 heteroatoms. The predicted molar refractivity (Wildman–Crippen MR) is 73.1 cm³/mol. The number of benzene rings is 1. The number of nitrogens with zero attached hydrogens (tertiary/aromatic N) is 1. The third-order valence-corrected chi connectivity index (χ3v) is 4.03. The number of hydrogen-bond donors (Lipinski definition) is 1. The van der Waals surface area contributed by atoms with Crippen LogP contribution in [0.4, 0.5) is 4.39 Å². The molecule has 0 bridgehead atoms. The van der Waals surface area contributed by atoms with Gasteiger partial charge < -0.3 is 10.2 Å². The highest BCUT2D eigenvalue weighted by Crippen LogP contribution is 2.16. The van der Waals surface area contributed by atoms with E-state index in [4.69, 9.17) is 0 Å². The smallest absolute Gasteiger partial charge is 0.126 e. The zero-order chi connectivity index (χ0) is 13.1. The van der Waals surface area contributed by atoms with Gasteiger partial charge in [0.15, 0.2) is 0 Å². The monoisotopic (exact) mass is 250 g/mol. The summed E-state index contributed by atoms with van der Waals surface area (Å²) in [5.41, 5.74) is 1.89. The van der Waals surface area contributed by atoms with Crippen molar-refractivity contribution < 1.29 is 4.39 Å². The summed E-state index contributed by atoms with van der Waals surface area (Å²) in [6.45, 7) is 6.08. The standard InChI is InChI=1S/C15H23FN2/c1-11-8-13(4-5-15(11)16)10-17-14-6-7-18(3)12(2)9-14/h4-5,8,12,14,17H,6-7,9-10H2,1-3H3. The van der Waals surface area contributed by atoms with Gasteiger partial charge in [0.25, 0.3) is 0 Å². The van der Waals surface area contributed by atoms with E-state index in [0.717, 1.165) is 18.7 Å². The lowest BCUT2D eigenvalue weighted by Crippen LogP contribution is -2.45. The number of halogens is 1. The average molecular weight is 250 g/mol. The molecule has 2 atom stereocenters. The molecule has 0 saturated carbocycles. The first-order valence-corrected chi connectivity index (χ1v) is 6.75. The summed E-state index contributed by atoms with van der Waals surface area (Å²) in [7, 11) is 2.18. The van der Waals surface area contributed by atoms with Gasteiger partial charge in [-0.15, -0.1) is 0 Å². The number of piperidine rings is 1. The van der Waals surface area contributed by atoms with Crippen molar-refractivity contribution in [3.63, 3.8) is 0 Å². The minimum absolute atomic E-state index is 0.119. The molecule has 2 unspecified atom stereocenters. The number of nitrogens with one attached hydrogen (secondary N) is 1. The van der Waals surface area contributed by atoms with Crippen LogP contribution in [0.1, 0.15) is 30.9 Å². The Morgan fingerprint density at radius 2 is 2.22 bits per heavy atom. The lowest BCUT2D eigenvalue weighted by Gasteiger charge is -2.35. The average Bonchev–Trinajstić information content (AvgIpc) is 2.35. The minimum Gasteiger partial charge on any atom is -0.310 e. The van der Waals surface area contributed by atoms with Crippen LogP contribution < -0.4 is 5.32 Å². The number of rotatable bonds is 3. The van der Waals surface area contributed by atoms with E-state index in [-0.39, 0.29) is 5.82 Å². The van der Waals surface area contributed by atoms with E-state index < -0.39 is 0 Å². The van der Waals surface area contributed by atoms with Crippen LogP contribution in [0.3, 0.4) is 0 Å². The van der Waals surface area contributed by atoms with Gasteiger partial charge in [0.2, 0.25) is 0 Å². The first kappa shape index (κ1) is 13.5. The van der Waals surface area contributed by atoms with Crippen molar-refractivity contribution in [1.82, 2.24) is 10.2 Å². The highest BCUT2D eigenvalue weighted by Gasteiger charge is 2.21. The molecule has 0 aromatic heterocycles. The van der Waals surface area contributed by atoms with E-state index in [9.17, 15) is 4.39 Å². The molecule has 1 aromatic carbocycles. The maximum absolute atomic E-state index is 13.2. The summed E-state index contributed by atoms with van der Waals surface area (Å²) >= 11 is 0. The Morgan fingerprint density at radius 3 is 2.89 bits per heavy atom. The van der Waals surface area contributed by atoms with E-state index in [1.807, 2.05) is 19.1 Å². The molecular weight excluding hydrogens is 227 g/mol. The topological polar surface area (TPSA) is 15.3 Å². The molecule has 1 aliphatic heterocycles. The van der Waals surface area contributed by atoms with E-state index in [2.05, 4.69) is 24.2 Å². The zero-order valence-electron chi connectivity index (χ0n) is 11.5. The van der Waals surface area contributed by atoms with E-state index >= 15 is 0 Å².